The Hall–Kier alpha value is -0.820. The van der Waals surface area contributed by atoms with Crippen LogP contribution in [0.4, 0.5) is 0 Å². The third-order valence-corrected chi connectivity index (χ3v) is 4.36. The van der Waals surface area contributed by atoms with Gasteiger partial charge in [0.2, 0.25) is 0 Å². The number of hydrogen-bond donors (Lipinski definition) is 1. The van der Waals surface area contributed by atoms with Gasteiger partial charge < -0.3 is 5.32 Å². The van der Waals surface area contributed by atoms with Crippen LogP contribution in [0.1, 0.15) is 57.4 Å². The Bertz CT molecular complexity index is 338. The molecular weight excluding hydrogens is 230 g/mol. The van der Waals surface area contributed by atoms with Gasteiger partial charge in [0.25, 0.3) is 0 Å². The Kier molecular flexibility index (Phi) is 5.91. The molecule has 1 fully saturated rings. The summed E-state index contributed by atoms with van der Waals surface area (Å²) in [5, 5.41) is 3.68. The van der Waals surface area contributed by atoms with Crippen molar-refractivity contribution in [2.45, 2.75) is 51.9 Å². The minimum absolute atomic E-state index is 0.709. The van der Waals surface area contributed by atoms with Crippen molar-refractivity contribution >= 4 is 0 Å². The first-order valence-electron chi connectivity index (χ1n) is 8.03. The second-order valence-corrected chi connectivity index (χ2v) is 6.47. The van der Waals surface area contributed by atoms with Gasteiger partial charge in [0, 0.05) is 6.54 Å². The Morgan fingerprint density at radius 2 is 1.68 bits per heavy atom. The van der Waals surface area contributed by atoms with Gasteiger partial charge in [-0.05, 0) is 42.7 Å². The summed E-state index contributed by atoms with van der Waals surface area (Å²) in [6.45, 7) is 6.85. The van der Waals surface area contributed by atoms with Gasteiger partial charge in [-0.15, -0.1) is 0 Å². The molecule has 0 bridgehead atoms. The molecule has 0 saturated heterocycles. The van der Waals surface area contributed by atoms with E-state index in [4.69, 9.17) is 0 Å². The van der Waals surface area contributed by atoms with Gasteiger partial charge in [-0.3, -0.25) is 0 Å². The van der Waals surface area contributed by atoms with Gasteiger partial charge in [0.05, 0.1) is 0 Å². The number of benzene rings is 1. The average Bonchev–Trinajstić information content (AvgIpc) is 2.45. The molecular formula is C18H29N. The molecule has 1 atom stereocenters. The van der Waals surface area contributed by atoms with E-state index in [1.807, 2.05) is 0 Å². The van der Waals surface area contributed by atoms with E-state index >= 15 is 0 Å². The minimum atomic E-state index is 0.709. The molecule has 0 spiro atoms. The molecule has 19 heavy (non-hydrogen) atoms. The van der Waals surface area contributed by atoms with E-state index in [0.29, 0.717) is 5.92 Å². The van der Waals surface area contributed by atoms with E-state index in [-0.39, 0.29) is 0 Å². The van der Waals surface area contributed by atoms with Crippen LogP contribution in [0.15, 0.2) is 30.3 Å². The lowest BCUT2D eigenvalue weighted by molar-refractivity contribution is 0.295. The van der Waals surface area contributed by atoms with Gasteiger partial charge >= 0.3 is 0 Å². The van der Waals surface area contributed by atoms with Gasteiger partial charge in [0.15, 0.2) is 0 Å². The summed E-state index contributed by atoms with van der Waals surface area (Å²) < 4.78 is 0. The van der Waals surface area contributed by atoms with Crippen LogP contribution in [0, 0.1) is 11.8 Å². The monoisotopic (exact) mass is 259 g/mol. The Morgan fingerprint density at radius 1 is 1.00 bits per heavy atom. The highest BCUT2D eigenvalue weighted by Crippen LogP contribution is 2.35. The van der Waals surface area contributed by atoms with Crippen LogP contribution >= 0.6 is 0 Å². The summed E-state index contributed by atoms with van der Waals surface area (Å²) in [5.41, 5.74) is 1.53. The maximum absolute atomic E-state index is 3.68. The zero-order valence-electron chi connectivity index (χ0n) is 12.6. The molecule has 1 unspecified atom stereocenters. The second kappa shape index (κ2) is 7.69. The van der Waals surface area contributed by atoms with Crippen molar-refractivity contribution in [3.63, 3.8) is 0 Å². The lowest BCUT2D eigenvalue weighted by Gasteiger charge is -2.31. The van der Waals surface area contributed by atoms with Crippen LogP contribution in [0.2, 0.25) is 0 Å². The maximum Gasteiger partial charge on any atom is 0.00229 e. The van der Waals surface area contributed by atoms with E-state index in [0.717, 1.165) is 24.9 Å². The predicted molar refractivity (Wildman–Crippen MR) is 83.5 cm³/mol. The van der Waals surface area contributed by atoms with Crippen molar-refractivity contribution < 1.29 is 0 Å². The first kappa shape index (κ1) is 14.6. The largest absolute Gasteiger partial charge is 0.316 e. The maximum atomic E-state index is 3.68. The molecule has 1 aliphatic rings. The zero-order chi connectivity index (χ0) is 13.5. The molecule has 0 radical (unpaired) electrons. The molecule has 1 N–H and O–H groups in total. The van der Waals surface area contributed by atoms with Crippen molar-refractivity contribution in [1.82, 2.24) is 5.32 Å². The van der Waals surface area contributed by atoms with Crippen LogP contribution < -0.4 is 5.32 Å². The molecule has 0 aromatic heterocycles. The summed E-state index contributed by atoms with van der Waals surface area (Å²) >= 11 is 0. The number of nitrogens with one attached hydrogen (secondary N) is 1. The summed E-state index contributed by atoms with van der Waals surface area (Å²) in [7, 11) is 0. The highest BCUT2D eigenvalue weighted by Gasteiger charge is 2.24. The minimum Gasteiger partial charge on any atom is -0.316 e. The quantitative estimate of drug-likeness (QED) is 0.787. The lowest BCUT2D eigenvalue weighted by atomic mass is 9.77. The van der Waals surface area contributed by atoms with Crippen LogP contribution in [-0.4, -0.2) is 13.1 Å². The fraction of sp³-hybridized carbons (Fsp3) is 0.667. The Balaban J connectivity index is 2.00. The molecule has 1 saturated carbocycles. The van der Waals surface area contributed by atoms with Crippen LogP contribution in [0.3, 0.4) is 0 Å². The van der Waals surface area contributed by atoms with E-state index in [1.54, 1.807) is 0 Å². The van der Waals surface area contributed by atoms with Gasteiger partial charge in [-0.25, -0.2) is 0 Å². The molecule has 2 rings (SSSR count). The fourth-order valence-corrected chi connectivity index (χ4v) is 3.32. The van der Waals surface area contributed by atoms with Gasteiger partial charge in [-0.1, -0.05) is 63.4 Å². The van der Waals surface area contributed by atoms with Crippen molar-refractivity contribution in [3.05, 3.63) is 35.9 Å². The van der Waals surface area contributed by atoms with Crippen LogP contribution in [-0.2, 0) is 0 Å². The van der Waals surface area contributed by atoms with Gasteiger partial charge in [0.1, 0.15) is 0 Å². The second-order valence-electron chi connectivity index (χ2n) is 6.47. The lowest BCUT2D eigenvalue weighted by Crippen LogP contribution is -2.30. The fourth-order valence-electron chi connectivity index (χ4n) is 3.32. The first-order valence-corrected chi connectivity index (χ1v) is 8.03. The molecule has 1 aromatic rings. The number of rotatable bonds is 6. The summed E-state index contributed by atoms with van der Waals surface area (Å²) in [4.78, 5) is 0. The highest BCUT2D eigenvalue weighted by atomic mass is 14.9. The van der Waals surface area contributed by atoms with E-state index < -0.39 is 0 Å². The molecule has 1 aromatic carbocycles. The normalized spacial score (nSPS) is 18.7. The van der Waals surface area contributed by atoms with Crippen LogP contribution in [0.5, 0.6) is 0 Å². The number of hydrogen-bond acceptors (Lipinski definition) is 1. The molecule has 0 amide bonds. The van der Waals surface area contributed by atoms with E-state index in [1.165, 1.54) is 37.7 Å². The third-order valence-electron chi connectivity index (χ3n) is 4.36. The molecule has 1 heteroatoms. The van der Waals surface area contributed by atoms with Crippen molar-refractivity contribution in [2.75, 3.05) is 13.1 Å². The standard InChI is InChI=1S/C18H29N/c1-15(2)13-19-14-18(16-9-5-3-6-10-16)17-11-7-4-8-12-17/h3,5-6,9-10,15,17-19H,4,7-8,11-14H2,1-2H3. The van der Waals surface area contributed by atoms with Crippen molar-refractivity contribution in [2.24, 2.45) is 11.8 Å². The highest BCUT2D eigenvalue weighted by molar-refractivity contribution is 5.21. The van der Waals surface area contributed by atoms with E-state index in [9.17, 15) is 0 Å². The molecule has 1 aliphatic carbocycles. The Morgan fingerprint density at radius 3 is 2.32 bits per heavy atom. The predicted octanol–water partition coefficient (Wildman–Crippen LogP) is 4.60. The average molecular weight is 259 g/mol. The Labute approximate surface area is 118 Å². The molecule has 0 heterocycles. The summed E-state index contributed by atoms with van der Waals surface area (Å²) in [6, 6.07) is 11.1. The first-order chi connectivity index (χ1) is 9.27. The third kappa shape index (κ3) is 4.65. The van der Waals surface area contributed by atoms with Gasteiger partial charge in [-0.2, -0.15) is 0 Å². The zero-order valence-corrected chi connectivity index (χ0v) is 12.6. The summed E-state index contributed by atoms with van der Waals surface area (Å²) in [6.07, 6.45) is 7.14. The smallest absolute Gasteiger partial charge is 0.00229 e. The summed E-state index contributed by atoms with van der Waals surface area (Å²) in [5.74, 6) is 2.33. The van der Waals surface area contributed by atoms with Crippen molar-refractivity contribution in [1.29, 1.82) is 0 Å². The molecule has 1 nitrogen and oxygen atoms in total. The topological polar surface area (TPSA) is 12.0 Å². The van der Waals surface area contributed by atoms with Crippen LogP contribution in [0.25, 0.3) is 0 Å². The molecule has 106 valence electrons. The van der Waals surface area contributed by atoms with Crippen molar-refractivity contribution in [3.8, 4) is 0 Å². The van der Waals surface area contributed by atoms with E-state index in [2.05, 4.69) is 49.5 Å². The SMILES string of the molecule is CC(C)CNCC(c1ccccc1)C1CCCCC1. The molecule has 0 aliphatic heterocycles.